The summed E-state index contributed by atoms with van der Waals surface area (Å²) in [7, 11) is 0. The van der Waals surface area contributed by atoms with Crippen molar-refractivity contribution in [1.82, 2.24) is 10.2 Å². The van der Waals surface area contributed by atoms with Gasteiger partial charge in [-0.15, -0.1) is 0 Å². The Morgan fingerprint density at radius 1 is 1.35 bits per heavy atom. The molecule has 5 heteroatoms. The van der Waals surface area contributed by atoms with E-state index in [1.54, 1.807) is 4.90 Å². The van der Waals surface area contributed by atoms with Crippen molar-refractivity contribution in [1.29, 1.82) is 0 Å². The first-order chi connectivity index (χ1) is 9.38. The largest absolute Gasteiger partial charge is 0.378 e. The second kappa shape index (κ2) is 6.12. The number of amides is 2. The summed E-state index contributed by atoms with van der Waals surface area (Å²) in [6.45, 7) is 7.64. The lowest BCUT2D eigenvalue weighted by atomic mass is 9.84. The summed E-state index contributed by atoms with van der Waals surface area (Å²) in [5, 5.41) is 2.81. The monoisotopic (exact) mass is 282 g/mol. The van der Waals surface area contributed by atoms with Crippen LogP contribution in [-0.4, -0.2) is 48.6 Å². The van der Waals surface area contributed by atoms with Gasteiger partial charge in [-0.1, -0.05) is 20.8 Å². The molecule has 2 heterocycles. The topological polar surface area (TPSA) is 58.6 Å². The Balaban J connectivity index is 1.86. The highest BCUT2D eigenvalue weighted by Gasteiger charge is 2.39. The number of nitrogens with one attached hydrogen (secondary N) is 1. The lowest BCUT2D eigenvalue weighted by Crippen LogP contribution is -2.62. The minimum Gasteiger partial charge on any atom is -0.378 e. The van der Waals surface area contributed by atoms with E-state index >= 15 is 0 Å². The normalized spacial score (nSPS) is 27.9. The Labute approximate surface area is 121 Å². The van der Waals surface area contributed by atoms with Gasteiger partial charge < -0.3 is 15.0 Å². The van der Waals surface area contributed by atoms with Crippen molar-refractivity contribution >= 4 is 11.8 Å². The molecule has 0 saturated carbocycles. The fourth-order valence-electron chi connectivity index (χ4n) is 2.86. The molecule has 2 saturated heterocycles. The Kier molecular flexibility index (Phi) is 4.68. The van der Waals surface area contributed by atoms with Crippen LogP contribution in [-0.2, 0) is 14.3 Å². The summed E-state index contributed by atoms with van der Waals surface area (Å²) in [5.74, 6) is -0.00826. The van der Waals surface area contributed by atoms with Crippen LogP contribution >= 0.6 is 0 Å². The van der Waals surface area contributed by atoms with Crippen LogP contribution in [0.4, 0.5) is 0 Å². The molecule has 0 aromatic carbocycles. The van der Waals surface area contributed by atoms with Gasteiger partial charge >= 0.3 is 0 Å². The van der Waals surface area contributed by atoms with Gasteiger partial charge in [-0.25, -0.2) is 0 Å². The molecule has 2 rings (SSSR count). The number of hydrogen-bond donors (Lipinski definition) is 1. The van der Waals surface area contributed by atoms with Gasteiger partial charge in [-0.3, -0.25) is 9.59 Å². The fourth-order valence-corrected chi connectivity index (χ4v) is 2.86. The van der Waals surface area contributed by atoms with Crippen LogP contribution < -0.4 is 5.32 Å². The van der Waals surface area contributed by atoms with Crippen molar-refractivity contribution in [2.45, 2.75) is 58.6 Å². The summed E-state index contributed by atoms with van der Waals surface area (Å²) in [4.78, 5) is 25.9. The molecule has 2 atom stereocenters. The van der Waals surface area contributed by atoms with Gasteiger partial charge in [-0.2, -0.15) is 0 Å². The summed E-state index contributed by atoms with van der Waals surface area (Å²) in [5.41, 5.74) is -0.250. The predicted octanol–water partition coefficient (Wildman–Crippen LogP) is 1.32. The Morgan fingerprint density at radius 3 is 2.70 bits per heavy atom. The number of carbonyl (C=O) groups is 2. The number of nitrogens with zero attached hydrogens (tertiary/aromatic N) is 1. The quantitative estimate of drug-likeness (QED) is 0.846. The van der Waals surface area contributed by atoms with Gasteiger partial charge in [0.15, 0.2) is 0 Å². The van der Waals surface area contributed by atoms with Crippen molar-refractivity contribution in [2.24, 2.45) is 5.41 Å². The maximum Gasteiger partial charge on any atom is 0.246 e. The lowest BCUT2D eigenvalue weighted by molar-refractivity contribution is -0.147. The van der Waals surface area contributed by atoms with E-state index in [0.29, 0.717) is 12.6 Å². The van der Waals surface area contributed by atoms with Crippen LogP contribution in [0.3, 0.4) is 0 Å². The number of hydrogen-bond acceptors (Lipinski definition) is 3. The van der Waals surface area contributed by atoms with Gasteiger partial charge in [0, 0.05) is 13.2 Å². The van der Waals surface area contributed by atoms with E-state index in [2.05, 4.69) is 5.32 Å². The molecule has 5 nitrogen and oxygen atoms in total. The van der Waals surface area contributed by atoms with E-state index in [4.69, 9.17) is 4.74 Å². The first-order valence-corrected chi connectivity index (χ1v) is 7.57. The van der Waals surface area contributed by atoms with Gasteiger partial charge in [-0.05, 0) is 31.1 Å². The third-order valence-corrected chi connectivity index (χ3v) is 4.04. The molecule has 2 aliphatic rings. The Hall–Kier alpha value is -1.10. The fraction of sp³-hybridized carbons (Fsp3) is 0.867. The van der Waals surface area contributed by atoms with Crippen LogP contribution in [0.2, 0.25) is 0 Å². The summed E-state index contributed by atoms with van der Waals surface area (Å²) in [6, 6.07) is -0.411. The molecule has 2 aliphatic heterocycles. The highest BCUT2D eigenvalue weighted by atomic mass is 16.5. The maximum absolute atomic E-state index is 12.4. The molecule has 2 amide bonds. The molecule has 1 N–H and O–H groups in total. The van der Waals surface area contributed by atoms with E-state index in [1.165, 1.54) is 0 Å². The van der Waals surface area contributed by atoms with E-state index in [-0.39, 0.29) is 23.8 Å². The van der Waals surface area contributed by atoms with Crippen molar-refractivity contribution in [3.63, 3.8) is 0 Å². The molecular formula is C15H26N2O3. The average Bonchev–Trinajstić information content (AvgIpc) is 2.84. The molecule has 0 spiro atoms. The van der Waals surface area contributed by atoms with Crippen LogP contribution in [0.25, 0.3) is 0 Å². The lowest BCUT2D eigenvalue weighted by Gasteiger charge is -2.39. The minimum atomic E-state index is -0.411. The molecule has 0 radical (unpaired) electrons. The summed E-state index contributed by atoms with van der Waals surface area (Å²) < 4.78 is 5.58. The highest BCUT2D eigenvalue weighted by Crippen LogP contribution is 2.24. The van der Waals surface area contributed by atoms with E-state index < -0.39 is 6.04 Å². The molecule has 2 fully saturated rings. The third kappa shape index (κ3) is 3.72. The maximum atomic E-state index is 12.4. The SMILES string of the molecule is CC(C)(C)C1NC(=O)CN(CCCC2CCCO2)C1=O. The number of carbonyl (C=O) groups excluding carboxylic acids is 2. The Bertz CT molecular complexity index is 370. The standard InChI is InChI=1S/C15H26N2O3/c1-15(2,3)13-14(19)17(10-12(18)16-13)8-4-6-11-7-5-9-20-11/h11,13H,4-10H2,1-3H3,(H,16,18). The average molecular weight is 282 g/mol. The van der Waals surface area contributed by atoms with Crippen molar-refractivity contribution in [3.8, 4) is 0 Å². The third-order valence-electron chi connectivity index (χ3n) is 4.04. The molecule has 114 valence electrons. The van der Waals surface area contributed by atoms with Gasteiger partial charge in [0.1, 0.15) is 6.04 Å². The van der Waals surface area contributed by atoms with E-state index in [9.17, 15) is 9.59 Å². The zero-order valence-corrected chi connectivity index (χ0v) is 12.8. The Morgan fingerprint density at radius 2 is 2.10 bits per heavy atom. The number of ether oxygens (including phenoxy) is 1. The van der Waals surface area contributed by atoms with Crippen LogP contribution in [0, 0.1) is 5.41 Å². The second-order valence-corrected chi connectivity index (χ2v) is 6.90. The van der Waals surface area contributed by atoms with Gasteiger partial charge in [0.25, 0.3) is 0 Å². The summed E-state index contributed by atoms with van der Waals surface area (Å²) >= 11 is 0. The number of rotatable bonds is 4. The molecule has 0 aromatic heterocycles. The molecular weight excluding hydrogens is 256 g/mol. The van der Waals surface area contributed by atoms with E-state index in [0.717, 1.165) is 32.3 Å². The molecule has 2 unspecified atom stereocenters. The molecule has 20 heavy (non-hydrogen) atoms. The molecule has 0 aliphatic carbocycles. The van der Waals surface area contributed by atoms with Gasteiger partial charge in [0.05, 0.1) is 12.6 Å². The van der Waals surface area contributed by atoms with Crippen LogP contribution in [0.15, 0.2) is 0 Å². The van der Waals surface area contributed by atoms with Crippen molar-refractivity contribution in [3.05, 3.63) is 0 Å². The summed E-state index contributed by atoms with van der Waals surface area (Å²) in [6.07, 6.45) is 4.50. The predicted molar refractivity (Wildman–Crippen MR) is 76.2 cm³/mol. The highest BCUT2D eigenvalue weighted by molar-refractivity contribution is 5.95. The second-order valence-electron chi connectivity index (χ2n) is 6.90. The van der Waals surface area contributed by atoms with E-state index in [1.807, 2.05) is 20.8 Å². The smallest absolute Gasteiger partial charge is 0.246 e. The van der Waals surface area contributed by atoms with Gasteiger partial charge in [0.2, 0.25) is 11.8 Å². The molecule has 0 aromatic rings. The first kappa shape index (κ1) is 15.3. The zero-order chi connectivity index (χ0) is 14.8. The minimum absolute atomic E-state index is 0.0458. The first-order valence-electron chi connectivity index (χ1n) is 7.57. The van der Waals surface area contributed by atoms with Crippen molar-refractivity contribution < 1.29 is 14.3 Å². The van der Waals surface area contributed by atoms with Crippen LogP contribution in [0.5, 0.6) is 0 Å². The number of piperazine rings is 1. The van der Waals surface area contributed by atoms with Crippen LogP contribution in [0.1, 0.15) is 46.5 Å². The van der Waals surface area contributed by atoms with Crippen molar-refractivity contribution in [2.75, 3.05) is 19.7 Å². The molecule has 0 bridgehead atoms. The zero-order valence-electron chi connectivity index (χ0n) is 12.8.